The van der Waals surface area contributed by atoms with Gasteiger partial charge in [-0.1, -0.05) is 29.8 Å². The fourth-order valence-electron chi connectivity index (χ4n) is 2.25. The Balaban J connectivity index is 2.17. The Kier molecular flexibility index (Phi) is 3.93. The number of carbonyl (C=O) groups is 1. The van der Waals surface area contributed by atoms with Crippen LogP contribution in [0.25, 0.3) is 0 Å². The summed E-state index contributed by atoms with van der Waals surface area (Å²) >= 11 is 5.32. The van der Waals surface area contributed by atoms with Gasteiger partial charge < -0.3 is 4.90 Å². The van der Waals surface area contributed by atoms with Crippen LogP contribution in [0.5, 0.6) is 0 Å². The fraction of sp³-hybridized carbons (Fsp3) is 0.615. The highest BCUT2D eigenvalue weighted by Crippen LogP contribution is 2.34. The molecule has 1 aromatic heterocycles. The summed E-state index contributed by atoms with van der Waals surface area (Å²) in [5.74, 6) is 0.558. The van der Waals surface area contributed by atoms with Crippen molar-refractivity contribution in [2.45, 2.75) is 38.1 Å². The summed E-state index contributed by atoms with van der Waals surface area (Å²) in [7, 11) is 0. The zero-order valence-electron chi connectivity index (χ0n) is 10.4. The van der Waals surface area contributed by atoms with Gasteiger partial charge in [-0.3, -0.25) is 4.79 Å². The monoisotopic (exact) mass is 315 g/mol. The van der Waals surface area contributed by atoms with Crippen molar-refractivity contribution in [3.63, 3.8) is 0 Å². The number of hydrogen-bond donors (Lipinski definition) is 0. The molecule has 2 unspecified atom stereocenters. The van der Waals surface area contributed by atoms with Crippen molar-refractivity contribution < 1.29 is 4.79 Å². The Hall–Kier alpha value is -0.350. The van der Waals surface area contributed by atoms with Crippen LogP contribution in [0.3, 0.4) is 0 Å². The molecule has 1 aliphatic heterocycles. The van der Waals surface area contributed by atoms with Crippen LogP contribution in [-0.2, 0) is 11.2 Å². The van der Waals surface area contributed by atoms with Crippen LogP contribution in [0.4, 0.5) is 0 Å². The lowest BCUT2D eigenvalue weighted by Gasteiger charge is -2.35. The molecule has 17 heavy (non-hydrogen) atoms. The molecule has 0 spiro atoms. The number of nitrogens with zero attached hydrogens (tertiary/aromatic N) is 1. The second kappa shape index (κ2) is 5.11. The lowest BCUT2D eigenvalue weighted by atomic mass is 10.00. The van der Waals surface area contributed by atoms with Gasteiger partial charge in [0.05, 0.1) is 10.9 Å². The number of alkyl halides is 1. The Morgan fingerprint density at radius 3 is 2.94 bits per heavy atom. The summed E-state index contributed by atoms with van der Waals surface area (Å²) in [6.07, 6.45) is 1.00. The Morgan fingerprint density at radius 2 is 2.29 bits per heavy atom. The number of fused-ring (bicyclic) bond motifs is 1. The van der Waals surface area contributed by atoms with Crippen LogP contribution in [0, 0.1) is 5.92 Å². The highest BCUT2D eigenvalue weighted by Gasteiger charge is 2.32. The summed E-state index contributed by atoms with van der Waals surface area (Å²) < 4.78 is 0. The third kappa shape index (κ3) is 2.43. The van der Waals surface area contributed by atoms with E-state index in [2.05, 4.69) is 48.1 Å². The minimum Gasteiger partial charge on any atom is -0.335 e. The topological polar surface area (TPSA) is 20.3 Å². The zero-order valence-corrected chi connectivity index (χ0v) is 12.8. The molecule has 0 bridgehead atoms. The van der Waals surface area contributed by atoms with Gasteiger partial charge in [-0.15, -0.1) is 11.3 Å². The van der Waals surface area contributed by atoms with Gasteiger partial charge in [0.2, 0.25) is 5.91 Å². The van der Waals surface area contributed by atoms with Gasteiger partial charge in [-0.2, -0.15) is 0 Å². The summed E-state index contributed by atoms with van der Waals surface area (Å²) in [5, 5.41) is 2.13. The summed E-state index contributed by atoms with van der Waals surface area (Å²) in [4.78, 5) is 15.7. The molecule has 1 amide bonds. The van der Waals surface area contributed by atoms with Crippen molar-refractivity contribution in [2.75, 3.05) is 6.54 Å². The van der Waals surface area contributed by atoms with E-state index in [9.17, 15) is 4.79 Å². The van der Waals surface area contributed by atoms with Crippen molar-refractivity contribution in [1.29, 1.82) is 0 Å². The first-order valence-corrected chi connectivity index (χ1v) is 7.82. The van der Waals surface area contributed by atoms with Gasteiger partial charge in [-0.25, -0.2) is 0 Å². The lowest BCUT2D eigenvalue weighted by molar-refractivity contribution is -0.133. The minimum atomic E-state index is -0.0647. The quantitative estimate of drug-likeness (QED) is 0.763. The number of amides is 1. The average molecular weight is 316 g/mol. The molecule has 0 N–H and O–H groups in total. The van der Waals surface area contributed by atoms with E-state index in [1.165, 1.54) is 10.4 Å². The van der Waals surface area contributed by atoms with Gasteiger partial charge in [-0.05, 0) is 36.3 Å². The summed E-state index contributed by atoms with van der Waals surface area (Å²) in [5.41, 5.74) is 1.33. The largest absolute Gasteiger partial charge is 0.335 e. The van der Waals surface area contributed by atoms with Crippen LogP contribution >= 0.6 is 27.3 Å². The van der Waals surface area contributed by atoms with Gasteiger partial charge in [0, 0.05) is 11.4 Å². The molecule has 2 rings (SSSR count). The van der Waals surface area contributed by atoms with Crippen molar-refractivity contribution in [3.8, 4) is 0 Å². The van der Waals surface area contributed by atoms with Crippen LogP contribution in [0.1, 0.15) is 37.3 Å². The molecular weight excluding hydrogens is 298 g/mol. The molecule has 2 heterocycles. The summed E-state index contributed by atoms with van der Waals surface area (Å²) in [6, 6.07) is 2.37. The number of thiophene rings is 1. The third-order valence-corrected chi connectivity index (χ3v) is 5.83. The first kappa shape index (κ1) is 13.1. The van der Waals surface area contributed by atoms with Crippen LogP contribution in [0.15, 0.2) is 11.4 Å². The molecule has 2 atom stereocenters. The lowest BCUT2D eigenvalue weighted by Crippen LogP contribution is -2.43. The van der Waals surface area contributed by atoms with Crippen LogP contribution in [0.2, 0.25) is 0 Å². The normalized spacial score (nSPS) is 21.5. The molecule has 0 aromatic carbocycles. The Labute approximate surface area is 115 Å². The van der Waals surface area contributed by atoms with E-state index >= 15 is 0 Å². The van der Waals surface area contributed by atoms with Crippen LogP contribution < -0.4 is 0 Å². The van der Waals surface area contributed by atoms with Gasteiger partial charge in [0.15, 0.2) is 0 Å². The van der Waals surface area contributed by atoms with Gasteiger partial charge in [0.1, 0.15) is 0 Å². The highest BCUT2D eigenvalue weighted by molar-refractivity contribution is 9.10. The van der Waals surface area contributed by atoms with E-state index in [1.807, 2.05) is 16.2 Å². The molecule has 2 nitrogen and oxygen atoms in total. The molecule has 0 radical (unpaired) electrons. The van der Waals surface area contributed by atoms with Crippen molar-refractivity contribution >= 4 is 33.2 Å². The van der Waals surface area contributed by atoms with E-state index in [1.54, 1.807) is 0 Å². The highest BCUT2D eigenvalue weighted by atomic mass is 79.9. The maximum Gasteiger partial charge on any atom is 0.237 e. The predicted octanol–water partition coefficient (Wildman–Crippen LogP) is 3.61. The van der Waals surface area contributed by atoms with Crippen molar-refractivity contribution in [1.82, 2.24) is 4.90 Å². The average Bonchev–Trinajstić information content (AvgIpc) is 2.76. The smallest absolute Gasteiger partial charge is 0.237 e. The molecular formula is C13H18BrNOS. The minimum absolute atomic E-state index is 0.0647. The molecule has 0 aliphatic carbocycles. The summed E-state index contributed by atoms with van der Waals surface area (Å²) in [6.45, 7) is 7.12. The molecule has 0 saturated carbocycles. The first-order chi connectivity index (χ1) is 8.02. The zero-order chi connectivity index (χ0) is 12.6. The Morgan fingerprint density at radius 1 is 1.59 bits per heavy atom. The van der Waals surface area contributed by atoms with Gasteiger partial charge in [0.25, 0.3) is 0 Å². The maximum atomic E-state index is 12.4. The number of rotatable bonds is 2. The number of halogens is 1. The van der Waals surface area contributed by atoms with Crippen molar-refractivity contribution in [3.05, 3.63) is 21.9 Å². The SMILES string of the molecule is CC(C)C(Br)C(=O)N1CCc2sccc2C1C. The Bertz CT molecular complexity index is 415. The molecule has 94 valence electrons. The second-order valence-electron chi connectivity index (χ2n) is 4.90. The fourth-order valence-corrected chi connectivity index (χ4v) is 3.48. The molecule has 0 fully saturated rings. The van der Waals surface area contributed by atoms with E-state index in [0.29, 0.717) is 5.92 Å². The van der Waals surface area contributed by atoms with E-state index < -0.39 is 0 Å². The number of carbonyl (C=O) groups excluding carboxylic acids is 1. The molecule has 0 saturated heterocycles. The van der Waals surface area contributed by atoms with Gasteiger partial charge >= 0.3 is 0 Å². The van der Waals surface area contributed by atoms with E-state index in [4.69, 9.17) is 0 Å². The molecule has 1 aliphatic rings. The third-order valence-electron chi connectivity index (χ3n) is 3.38. The second-order valence-corrected chi connectivity index (χ2v) is 6.89. The van der Waals surface area contributed by atoms with E-state index in [-0.39, 0.29) is 16.8 Å². The van der Waals surface area contributed by atoms with Crippen molar-refractivity contribution in [2.24, 2.45) is 5.92 Å². The first-order valence-electron chi connectivity index (χ1n) is 6.03. The van der Waals surface area contributed by atoms with Crippen LogP contribution in [-0.4, -0.2) is 22.2 Å². The van der Waals surface area contributed by atoms with E-state index in [0.717, 1.165) is 13.0 Å². The number of hydrogen-bond acceptors (Lipinski definition) is 2. The maximum absolute atomic E-state index is 12.4. The molecule has 1 aromatic rings. The predicted molar refractivity (Wildman–Crippen MR) is 75.7 cm³/mol. The standard InChI is InChI=1S/C13H18BrNOS/c1-8(2)12(14)13(16)15-6-4-11-10(9(15)3)5-7-17-11/h5,7-9,12H,4,6H2,1-3H3. The molecule has 4 heteroatoms.